The number of sulfonamides is 1. The van der Waals surface area contributed by atoms with Gasteiger partial charge in [-0.05, 0) is 77.5 Å². The fraction of sp³-hybridized carbons (Fsp3) is 0.0588. The van der Waals surface area contributed by atoms with Crippen LogP contribution in [0.1, 0.15) is 5.56 Å². The normalized spacial score (nSPS) is 11.5. The van der Waals surface area contributed by atoms with Crippen LogP contribution in [0.25, 0.3) is 0 Å². The Balaban J connectivity index is 2.12. The summed E-state index contributed by atoms with van der Waals surface area (Å²) in [4.78, 5) is 12.2. The Bertz CT molecular complexity index is 1010. The van der Waals surface area contributed by atoms with Crippen molar-refractivity contribution in [3.05, 3.63) is 63.4 Å². The number of benzene rings is 2. The molecule has 0 spiro atoms. The van der Waals surface area contributed by atoms with Crippen molar-refractivity contribution in [1.82, 2.24) is 0 Å². The van der Waals surface area contributed by atoms with Gasteiger partial charge in [0.05, 0.1) is 4.90 Å². The van der Waals surface area contributed by atoms with Crippen LogP contribution in [0.4, 0.5) is 11.4 Å². The zero-order valence-corrected chi connectivity index (χ0v) is 16.6. The van der Waals surface area contributed by atoms with Crippen molar-refractivity contribution in [1.29, 1.82) is 5.26 Å². The molecule has 7 nitrogen and oxygen atoms in total. The topological polar surface area (TPSA) is 125 Å². The molecule has 0 radical (unpaired) electrons. The second-order valence-corrected chi connectivity index (χ2v) is 8.10. The molecule has 134 valence electrons. The van der Waals surface area contributed by atoms with Gasteiger partial charge < -0.3 is 10.6 Å². The van der Waals surface area contributed by atoms with E-state index in [1.54, 1.807) is 6.07 Å². The summed E-state index contributed by atoms with van der Waals surface area (Å²) in [6.45, 7) is 1.86. The minimum atomic E-state index is -3.77. The fourth-order valence-electron chi connectivity index (χ4n) is 2.00. The summed E-state index contributed by atoms with van der Waals surface area (Å²) in [6, 6.07) is 13.0. The maximum atomic E-state index is 12.2. The Kier molecular flexibility index (Phi) is 6.36. The number of halogens is 1. The molecule has 2 aromatic rings. The van der Waals surface area contributed by atoms with E-state index in [0.717, 1.165) is 9.13 Å². The van der Waals surface area contributed by atoms with Crippen LogP contribution in [-0.2, 0) is 14.8 Å². The van der Waals surface area contributed by atoms with Crippen molar-refractivity contribution in [3.63, 3.8) is 0 Å². The van der Waals surface area contributed by atoms with Crippen molar-refractivity contribution in [2.75, 3.05) is 10.6 Å². The molecule has 0 bridgehead atoms. The lowest BCUT2D eigenvalue weighted by atomic mass is 10.2. The molecule has 0 atom stereocenters. The molecule has 26 heavy (non-hydrogen) atoms. The first kappa shape index (κ1) is 19.9. The molecule has 4 N–H and O–H groups in total. The standard InChI is InChI=1S/C17H15IN4O3S/c1-11-8-13(18)2-7-16(11)22-17(23)12(9-19)10-21-14-3-5-15(6-4-14)26(20,24)25/h2-8,10,21H,1H3,(H,22,23)(H2,20,24,25)/b12-10-. The number of nitriles is 1. The lowest BCUT2D eigenvalue weighted by Gasteiger charge is -2.08. The Morgan fingerprint density at radius 2 is 1.88 bits per heavy atom. The van der Waals surface area contributed by atoms with E-state index in [1.165, 1.54) is 30.5 Å². The highest BCUT2D eigenvalue weighted by atomic mass is 127. The number of nitrogens with one attached hydrogen (secondary N) is 2. The number of aryl methyl sites for hydroxylation is 1. The molecule has 0 aliphatic heterocycles. The van der Waals surface area contributed by atoms with Gasteiger partial charge in [-0.2, -0.15) is 5.26 Å². The summed E-state index contributed by atoms with van der Waals surface area (Å²) in [6.07, 6.45) is 1.25. The molecule has 0 saturated heterocycles. The van der Waals surface area contributed by atoms with E-state index in [2.05, 4.69) is 33.2 Å². The molecule has 0 aromatic heterocycles. The van der Waals surface area contributed by atoms with E-state index in [4.69, 9.17) is 5.14 Å². The second-order valence-electron chi connectivity index (χ2n) is 5.30. The molecular weight excluding hydrogens is 467 g/mol. The van der Waals surface area contributed by atoms with E-state index < -0.39 is 15.9 Å². The number of amides is 1. The van der Waals surface area contributed by atoms with Gasteiger partial charge in [-0.15, -0.1) is 0 Å². The van der Waals surface area contributed by atoms with Crippen LogP contribution in [0.2, 0.25) is 0 Å². The zero-order valence-electron chi connectivity index (χ0n) is 13.7. The minimum absolute atomic E-state index is 0.0283. The number of nitrogens with zero attached hydrogens (tertiary/aromatic N) is 1. The van der Waals surface area contributed by atoms with Crippen LogP contribution in [0.15, 0.2) is 59.1 Å². The van der Waals surface area contributed by atoms with Gasteiger partial charge in [0.2, 0.25) is 10.0 Å². The number of primary sulfonamides is 1. The summed E-state index contributed by atoms with van der Waals surface area (Å²) in [5, 5.41) is 19.7. The van der Waals surface area contributed by atoms with Crippen LogP contribution in [0, 0.1) is 21.8 Å². The number of hydrogen-bond donors (Lipinski definition) is 3. The Labute approximate surface area is 165 Å². The molecule has 0 aliphatic rings. The molecule has 1 amide bonds. The number of carbonyl (C=O) groups is 1. The van der Waals surface area contributed by atoms with Crippen LogP contribution >= 0.6 is 22.6 Å². The Morgan fingerprint density at radius 3 is 2.42 bits per heavy atom. The summed E-state index contributed by atoms with van der Waals surface area (Å²) < 4.78 is 23.5. The van der Waals surface area contributed by atoms with Gasteiger partial charge in [0.1, 0.15) is 11.6 Å². The van der Waals surface area contributed by atoms with Crippen LogP contribution < -0.4 is 15.8 Å². The molecule has 0 saturated carbocycles. The molecule has 2 rings (SSSR count). The van der Waals surface area contributed by atoms with Crippen molar-refractivity contribution in [3.8, 4) is 6.07 Å². The number of carbonyl (C=O) groups excluding carboxylic acids is 1. The predicted octanol–water partition coefficient (Wildman–Crippen LogP) is 2.71. The second kappa shape index (κ2) is 8.31. The minimum Gasteiger partial charge on any atom is -0.360 e. The summed E-state index contributed by atoms with van der Waals surface area (Å²) in [5.74, 6) is -0.550. The maximum Gasteiger partial charge on any atom is 0.267 e. The molecule has 0 fully saturated rings. The first-order valence-electron chi connectivity index (χ1n) is 7.28. The summed E-state index contributed by atoms with van der Waals surface area (Å²) >= 11 is 2.17. The molecule has 2 aromatic carbocycles. The highest BCUT2D eigenvalue weighted by Crippen LogP contribution is 2.18. The molecule has 0 aliphatic carbocycles. The predicted molar refractivity (Wildman–Crippen MR) is 108 cm³/mol. The Morgan fingerprint density at radius 1 is 1.23 bits per heavy atom. The third kappa shape index (κ3) is 5.29. The average molecular weight is 482 g/mol. The molecule has 0 heterocycles. The average Bonchev–Trinajstić information content (AvgIpc) is 2.57. The zero-order chi connectivity index (χ0) is 19.3. The number of rotatable bonds is 5. The highest BCUT2D eigenvalue weighted by Gasteiger charge is 2.11. The highest BCUT2D eigenvalue weighted by molar-refractivity contribution is 14.1. The van der Waals surface area contributed by atoms with Crippen molar-refractivity contribution < 1.29 is 13.2 Å². The largest absolute Gasteiger partial charge is 0.360 e. The van der Waals surface area contributed by atoms with E-state index in [-0.39, 0.29) is 10.5 Å². The number of hydrogen-bond acceptors (Lipinski definition) is 5. The lowest BCUT2D eigenvalue weighted by molar-refractivity contribution is -0.112. The molecule has 0 unspecified atom stereocenters. The van der Waals surface area contributed by atoms with Crippen molar-refractivity contribution in [2.45, 2.75) is 11.8 Å². The van der Waals surface area contributed by atoms with Crippen LogP contribution in [0.3, 0.4) is 0 Å². The van der Waals surface area contributed by atoms with Gasteiger partial charge in [-0.1, -0.05) is 0 Å². The first-order chi connectivity index (χ1) is 12.2. The van der Waals surface area contributed by atoms with E-state index in [1.807, 2.05) is 25.1 Å². The van der Waals surface area contributed by atoms with Crippen LogP contribution in [-0.4, -0.2) is 14.3 Å². The van der Waals surface area contributed by atoms with Crippen molar-refractivity contribution in [2.24, 2.45) is 5.14 Å². The van der Waals surface area contributed by atoms with Gasteiger partial charge >= 0.3 is 0 Å². The van der Waals surface area contributed by atoms with Crippen molar-refractivity contribution >= 4 is 49.9 Å². The Hall–Kier alpha value is -2.42. The number of nitrogens with two attached hydrogens (primary N) is 1. The smallest absolute Gasteiger partial charge is 0.267 e. The number of anilines is 2. The molecule has 9 heteroatoms. The fourth-order valence-corrected chi connectivity index (χ4v) is 3.16. The van der Waals surface area contributed by atoms with E-state index in [0.29, 0.717) is 11.4 Å². The van der Waals surface area contributed by atoms with Gasteiger partial charge in [0.25, 0.3) is 5.91 Å². The third-order valence-electron chi connectivity index (χ3n) is 3.37. The van der Waals surface area contributed by atoms with E-state index in [9.17, 15) is 18.5 Å². The van der Waals surface area contributed by atoms with E-state index >= 15 is 0 Å². The SMILES string of the molecule is Cc1cc(I)ccc1NC(=O)/C(C#N)=C\Nc1ccc(S(N)(=O)=O)cc1. The lowest BCUT2D eigenvalue weighted by Crippen LogP contribution is -2.15. The summed E-state index contributed by atoms with van der Waals surface area (Å²) in [7, 11) is -3.77. The van der Waals surface area contributed by atoms with Crippen LogP contribution in [0.5, 0.6) is 0 Å². The monoisotopic (exact) mass is 482 g/mol. The maximum absolute atomic E-state index is 12.2. The van der Waals surface area contributed by atoms with Gasteiger partial charge in [0.15, 0.2) is 0 Å². The van der Waals surface area contributed by atoms with Gasteiger partial charge in [0, 0.05) is 21.1 Å². The quantitative estimate of drug-likeness (QED) is 0.344. The third-order valence-corrected chi connectivity index (χ3v) is 4.97. The first-order valence-corrected chi connectivity index (χ1v) is 9.90. The summed E-state index contributed by atoms with van der Waals surface area (Å²) in [5.41, 5.74) is 1.88. The van der Waals surface area contributed by atoms with Gasteiger partial charge in [-0.3, -0.25) is 4.79 Å². The molecular formula is C17H15IN4O3S. The van der Waals surface area contributed by atoms with Gasteiger partial charge in [-0.25, -0.2) is 13.6 Å².